The first kappa shape index (κ1) is 17.6. The summed E-state index contributed by atoms with van der Waals surface area (Å²) >= 11 is 6.02. The molecule has 23 heavy (non-hydrogen) atoms. The molecule has 0 heterocycles. The fourth-order valence-corrected chi connectivity index (χ4v) is 2.71. The Morgan fingerprint density at radius 1 is 1.22 bits per heavy atom. The van der Waals surface area contributed by atoms with Crippen LogP contribution in [0.4, 0.5) is 10.5 Å². The van der Waals surface area contributed by atoms with Crippen LogP contribution >= 0.6 is 11.6 Å². The molecular weight excluding hydrogens is 318 g/mol. The van der Waals surface area contributed by atoms with Crippen LogP contribution in [0.2, 0.25) is 5.02 Å². The average Bonchev–Trinajstić information content (AvgIpc) is 2.49. The summed E-state index contributed by atoms with van der Waals surface area (Å²) < 4.78 is 10.5. The van der Waals surface area contributed by atoms with E-state index in [1.54, 1.807) is 26.0 Å². The van der Waals surface area contributed by atoms with Crippen molar-refractivity contribution >= 4 is 29.4 Å². The number of nitrogens with one attached hydrogen (secondary N) is 1. The van der Waals surface area contributed by atoms with E-state index in [0.717, 1.165) is 25.7 Å². The molecular formula is C17H22ClNO4. The molecule has 1 fully saturated rings. The highest BCUT2D eigenvalue weighted by atomic mass is 35.5. The molecule has 6 heteroatoms. The molecule has 0 atom stereocenters. The van der Waals surface area contributed by atoms with Crippen molar-refractivity contribution in [2.75, 3.05) is 5.32 Å². The normalized spacial score (nSPS) is 15.3. The highest BCUT2D eigenvalue weighted by molar-refractivity contribution is 6.33. The second kappa shape index (κ2) is 8.20. The topological polar surface area (TPSA) is 64.6 Å². The van der Waals surface area contributed by atoms with Crippen LogP contribution in [0.15, 0.2) is 18.2 Å². The number of halogens is 1. The molecule has 2 rings (SSSR count). The number of esters is 1. The van der Waals surface area contributed by atoms with Gasteiger partial charge in [0.1, 0.15) is 6.10 Å². The van der Waals surface area contributed by atoms with Gasteiger partial charge in [0.15, 0.2) is 0 Å². The Hall–Kier alpha value is -1.75. The predicted molar refractivity (Wildman–Crippen MR) is 89.0 cm³/mol. The molecule has 0 aliphatic heterocycles. The maximum atomic E-state index is 12.0. The van der Waals surface area contributed by atoms with E-state index in [-0.39, 0.29) is 22.8 Å². The fraction of sp³-hybridized carbons (Fsp3) is 0.529. The van der Waals surface area contributed by atoms with Gasteiger partial charge < -0.3 is 9.47 Å². The molecule has 0 spiro atoms. The molecule has 1 aromatic carbocycles. The van der Waals surface area contributed by atoms with Crippen molar-refractivity contribution in [1.29, 1.82) is 0 Å². The van der Waals surface area contributed by atoms with Crippen molar-refractivity contribution in [3.8, 4) is 0 Å². The molecule has 0 aromatic heterocycles. The van der Waals surface area contributed by atoms with E-state index in [4.69, 9.17) is 21.1 Å². The predicted octanol–water partition coefficient (Wildman–Crippen LogP) is 4.79. The molecule has 0 radical (unpaired) electrons. The minimum atomic E-state index is -0.519. The lowest BCUT2D eigenvalue weighted by Crippen LogP contribution is -2.24. The molecule has 1 N–H and O–H groups in total. The van der Waals surface area contributed by atoms with Gasteiger partial charge in [0, 0.05) is 5.69 Å². The summed E-state index contributed by atoms with van der Waals surface area (Å²) in [4.78, 5) is 23.9. The van der Waals surface area contributed by atoms with Crippen molar-refractivity contribution in [2.45, 2.75) is 58.2 Å². The van der Waals surface area contributed by atoms with Crippen LogP contribution in [0.1, 0.15) is 56.3 Å². The van der Waals surface area contributed by atoms with Crippen molar-refractivity contribution < 1.29 is 19.1 Å². The smallest absolute Gasteiger partial charge is 0.411 e. The monoisotopic (exact) mass is 339 g/mol. The van der Waals surface area contributed by atoms with Crippen LogP contribution in [-0.2, 0) is 9.47 Å². The van der Waals surface area contributed by atoms with Crippen molar-refractivity contribution in [3.05, 3.63) is 28.8 Å². The lowest BCUT2D eigenvalue weighted by Gasteiger charge is -2.22. The maximum Gasteiger partial charge on any atom is 0.411 e. The summed E-state index contributed by atoms with van der Waals surface area (Å²) in [5.74, 6) is -0.519. The summed E-state index contributed by atoms with van der Waals surface area (Å²) in [6.07, 6.45) is 4.39. The first-order chi connectivity index (χ1) is 11.0. The van der Waals surface area contributed by atoms with Gasteiger partial charge in [-0.25, -0.2) is 9.59 Å². The van der Waals surface area contributed by atoms with E-state index in [0.29, 0.717) is 5.69 Å². The molecule has 1 amide bonds. The van der Waals surface area contributed by atoms with Crippen LogP contribution in [-0.4, -0.2) is 24.3 Å². The number of hydrogen-bond donors (Lipinski definition) is 1. The highest BCUT2D eigenvalue weighted by Crippen LogP contribution is 2.23. The Morgan fingerprint density at radius 3 is 2.57 bits per heavy atom. The Kier molecular flexibility index (Phi) is 6.28. The van der Waals surface area contributed by atoms with Crippen LogP contribution in [0, 0.1) is 0 Å². The number of rotatable bonds is 4. The Morgan fingerprint density at radius 2 is 1.91 bits per heavy atom. The van der Waals surface area contributed by atoms with Gasteiger partial charge in [-0.3, -0.25) is 5.32 Å². The molecule has 0 saturated heterocycles. The number of amides is 1. The van der Waals surface area contributed by atoms with Crippen LogP contribution < -0.4 is 5.32 Å². The van der Waals surface area contributed by atoms with Gasteiger partial charge in [-0.05, 0) is 57.7 Å². The molecule has 5 nitrogen and oxygen atoms in total. The molecule has 1 aliphatic rings. The Balaban J connectivity index is 1.99. The van der Waals surface area contributed by atoms with E-state index in [2.05, 4.69) is 5.32 Å². The molecule has 1 aliphatic carbocycles. The molecule has 1 saturated carbocycles. The number of anilines is 1. The van der Waals surface area contributed by atoms with Gasteiger partial charge in [0.2, 0.25) is 0 Å². The molecule has 126 valence electrons. The minimum absolute atomic E-state index is 0.0265. The number of carbonyl (C=O) groups excluding carboxylic acids is 2. The average molecular weight is 340 g/mol. The first-order valence-corrected chi connectivity index (χ1v) is 8.31. The third-order valence-corrected chi connectivity index (χ3v) is 3.93. The van der Waals surface area contributed by atoms with Gasteiger partial charge in [-0.15, -0.1) is 0 Å². The molecule has 0 unspecified atom stereocenters. The fourth-order valence-electron chi connectivity index (χ4n) is 2.52. The second-order valence-corrected chi connectivity index (χ2v) is 6.35. The lowest BCUT2D eigenvalue weighted by atomic mass is 9.98. The van der Waals surface area contributed by atoms with E-state index >= 15 is 0 Å². The maximum absolute atomic E-state index is 12.0. The molecule has 1 aromatic rings. The van der Waals surface area contributed by atoms with Gasteiger partial charge in [-0.1, -0.05) is 18.0 Å². The van der Waals surface area contributed by atoms with Crippen molar-refractivity contribution in [1.82, 2.24) is 0 Å². The van der Waals surface area contributed by atoms with Crippen LogP contribution in [0.5, 0.6) is 0 Å². The number of benzene rings is 1. The van der Waals surface area contributed by atoms with E-state index in [1.165, 1.54) is 12.5 Å². The standard InChI is InChI=1S/C17H22ClNO4/c1-11(2)22-16(20)14-10-12(8-9-15(14)18)19-17(21)23-13-6-4-3-5-7-13/h8-11,13H,3-7H2,1-2H3,(H,19,21). The van der Waals surface area contributed by atoms with Gasteiger partial charge in [0.25, 0.3) is 0 Å². The third kappa shape index (κ3) is 5.43. The van der Waals surface area contributed by atoms with Gasteiger partial charge in [-0.2, -0.15) is 0 Å². The zero-order valence-corrected chi connectivity index (χ0v) is 14.2. The first-order valence-electron chi connectivity index (χ1n) is 7.94. The largest absolute Gasteiger partial charge is 0.459 e. The molecule has 0 bridgehead atoms. The number of ether oxygens (including phenoxy) is 2. The Labute approximate surface area is 141 Å². The zero-order valence-electron chi connectivity index (χ0n) is 13.4. The quantitative estimate of drug-likeness (QED) is 0.801. The third-order valence-electron chi connectivity index (χ3n) is 3.60. The summed E-state index contributed by atoms with van der Waals surface area (Å²) in [5.41, 5.74) is 0.668. The second-order valence-electron chi connectivity index (χ2n) is 5.94. The van der Waals surface area contributed by atoms with E-state index in [9.17, 15) is 9.59 Å². The minimum Gasteiger partial charge on any atom is -0.459 e. The summed E-state index contributed by atoms with van der Waals surface area (Å²) in [6, 6.07) is 4.67. The summed E-state index contributed by atoms with van der Waals surface area (Å²) in [6.45, 7) is 3.52. The van der Waals surface area contributed by atoms with E-state index < -0.39 is 12.1 Å². The number of carbonyl (C=O) groups is 2. The van der Waals surface area contributed by atoms with Crippen LogP contribution in [0.3, 0.4) is 0 Å². The lowest BCUT2D eigenvalue weighted by molar-refractivity contribution is 0.0378. The summed E-state index contributed by atoms with van der Waals surface area (Å²) in [5, 5.41) is 2.92. The Bertz CT molecular complexity index is 568. The van der Waals surface area contributed by atoms with Gasteiger partial charge in [0.05, 0.1) is 16.7 Å². The number of hydrogen-bond acceptors (Lipinski definition) is 4. The van der Waals surface area contributed by atoms with E-state index in [1.807, 2.05) is 0 Å². The summed E-state index contributed by atoms with van der Waals surface area (Å²) in [7, 11) is 0. The van der Waals surface area contributed by atoms with Crippen molar-refractivity contribution in [3.63, 3.8) is 0 Å². The van der Waals surface area contributed by atoms with Crippen molar-refractivity contribution in [2.24, 2.45) is 0 Å². The van der Waals surface area contributed by atoms with Crippen LogP contribution in [0.25, 0.3) is 0 Å². The SMILES string of the molecule is CC(C)OC(=O)c1cc(NC(=O)OC2CCCCC2)ccc1Cl. The zero-order chi connectivity index (χ0) is 16.8. The highest BCUT2D eigenvalue weighted by Gasteiger charge is 2.19. The van der Waals surface area contributed by atoms with Gasteiger partial charge >= 0.3 is 12.1 Å².